The first-order chi connectivity index (χ1) is 9.81. The van der Waals surface area contributed by atoms with Gasteiger partial charge in [0.25, 0.3) is 0 Å². The number of anilines is 1. The molecule has 21 heavy (non-hydrogen) atoms. The van der Waals surface area contributed by atoms with E-state index in [-0.39, 0.29) is 23.8 Å². The van der Waals surface area contributed by atoms with Crippen LogP contribution in [0.4, 0.5) is 19.0 Å². The van der Waals surface area contributed by atoms with Crippen molar-refractivity contribution in [3.8, 4) is 5.82 Å². The van der Waals surface area contributed by atoms with E-state index in [9.17, 15) is 18.0 Å². The average Bonchev–Trinajstić information content (AvgIpc) is 2.87. The van der Waals surface area contributed by atoms with Crippen molar-refractivity contribution in [1.82, 2.24) is 19.7 Å². The monoisotopic (exact) mass is 301 g/mol. The third-order valence-corrected chi connectivity index (χ3v) is 2.31. The van der Waals surface area contributed by atoms with E-state index in [1.165, 1.54) is 6.20 Å². The smallest absolute Gasteiger partial charge is 0.451 e. The Morgan fingerprint density at radius 3 is 2.76 bits per heavy atom. The molecule has 0 unspecified atom stereocenters. The number of nitrogens with two attached hydrogens (primary N) is 1. The number of carbonyl (C=O) groups excluding carboxylic acids is 1. The van der Waals surface area contributed by atoms with Crippen LogP contribution < -0.4 is 5.73 Å². The third-order valence-electron chi connectivity index (χ3n) is 2.31. The van der Waals surface area contributed by atoms with Crippen molar-refractivity contribution in [2.45, 2.75) is 13.1 Å². The van der Waals surface area contributed by atoms with Crippen LogP contribution in [0.15, 0.2) is 18.5 Å². The predicted octanol–water partition coefficient (Wildman–Crippen LogP) is 1.44. The number of rotatable bonds is 3. The Bertz CT molecular complexity index is 668. The summed E-state index contributed by atoms with van der Waals surface area (Å²) in [7, 11) is 0. The minimum absolute atomic E-state index is 0.0857. The van der Waals surface area contributed by atoms with Gasteiger partial charge >= 0.3 is 12.1 Å². The summed E-state index contributed by atoms with van der Waals surface area (Å²) in [6.07, 6.45) is -2.38. The van der Waals surface area contributed by atoms with E-state index >= 15 is 0 Å². The van der Waals surface area contributed by atoms with Gasteiger partial charge in [-0.25, -0.2) is 19.4 Å². The van der Waals surface area contributed by atoms with Gasteiger partial charge in [0.15, 0.2) is 5.82 Å². The first-order valence-corrected chi connectivity index (χ1v) is 5.75. The molecule has 0 bridgehead atoms. The van der Waals surface area contributed by atoms with Crippen molar-refractivity contribution in [3.05, 3.63) is 29.8 Å². The molecule has 112 valence electrons. The Morgan fingerprint density at radius 2 is 2.14 bits per heavy atom. The molecule has 2 aromatic rings. The average molecular weight is 301 g/mol. The molecule has 0 atom stereocenters. The molecule has 0 radical (unpaired) electrons. The van der Waals surface area contributed by atoms with Crippen LogP contribution in [0.25, 0.3) is 5.82 Å². The van der Waals surface area contributed by atoms with Gasteiger partial charge in [-0.1, -0.05) is 0 Å². The van der Waals surface area contributed by atoms with E-state index in [1.54, 1.807) is 6.92 Å². The second-order valence-electron chi connectivity index (χ2n) is 3.87. The SMILES string of the molecule is CCOC(=O)c1cnn(-c2cc(N)nc(C(F)(F)F)n2)c1. The molecule has 0 saturated carbocycles. The minimum Gasteiger partial charge on any atom is -0.462 e. The van der Waals surface area contributed by atoms with Crippen molar-refractivity contribution >= 4 is 11.8 Å². The summed E-state index contributed by atoms with van der Waals surface area (Å²) in [4.78, 5) is 17.9. The van der Waals surface area contributed by atoms with Gasteiger partial charge in [0.1, 0.15) is 5.82 Å². The Hall–Kier alpha value is -2.65. The van der Waals surface area contributed by atoms with Gasteiger partial charge in [0, 0.05) is 12.3 Å². The van der Waals surface area contributed by atoms with Gasteiger partial charge in [-0.15, -0.1) is 0 Å². The number of nitrogen functional groups attached to an aromatic ring is 1. The van der Waals surface area contributed by atoms with Crippen LogP contribution in [0.5, 0.6) is 0 Å². The van der Waals surface area contributed by atoms with Crippen LogP contribution in [0.3, 0.4) is 0 Å². The molecule has 0 aliphatic rings. The first-order valence-electron chi connectivity index (χ1n) is 5.75. The second-order valence-corrected chi connectivity index (χ2v) is 3.87. The zero-order chi connectivity index (χ0) is 15.6. The minimum atomic E-state index is -4.73. The molecule has 0 fully saturated rings. The lowest BCUT2D eigenvalue weighted by Crippen LogP contribution is -2.15. The fourth-order valence-electron chi connectivity index (χ4n) is 1.46. The Balaban J connectivity index is 2.39. The molecule has 10 heteroatoms. The summed E-state index contributed by atoms with van der Waals surface area (Å²) < 4.78 is 43.6. The largest absolute Gasteiger partial charge is 0.462 e. The van der Waals surface area contributed by atoms with E-state index in [4.69, 9.17) is 10.5 Å². The summed E-state index contributed by atoms with van der Waals surface area (Å²) in [6, 6.07) is 1.11. The maximum atomic E-state index is 12.6. The highest BCUT2D eigenvalue weighted by molar-refractivity contribution is 5.88. The topological polar surface area (TPSA) is 95.9 Å². The summed E-state index contributed by atoms with van der Waals surface area (Å²) in [5.41, 5.74) is 5.41. The quantitative estimate of drug-likeness (QED) is 0.862. The van der Waals surface area contributed by atoms with Gasteiger partial charge in [0.05, 0.1) is 18.4 Å². The second kappa shape index (κ2) is 5.38. The number of alkyl halides is 3. The molecular weight excluding hydrogens is 291 g/mol. The van der Waals surface area contributed by atoms with Gasteiger partial charge in [0.2, 0.25) is 5.82 Å². The Kier molecular flexibility index (Phi) is 3.78. The number of nitrogens with zero attached hydrogens (tertiary/aromatic N) is 4. The van der Waals surface area contributed by atoms with E-state index in [1.807, 2.05) is 0 Å². The van der Waals surface area contributed by atoms with Crippen LogP contribution in [0.2, 0.25) is 0 Å². The molecule has 2 rings (SSSR count). The number of hydrogen-bond donors (Lipinski definition) is 1. The van der Waals surface area contributed by atoms with Crippen LogP contribution in [-0.4, -0.2) is 32.3 Å². The van der Waals surface area contributed by atoms with Crippen molar-refractivity contribution < 1.29 is 22.7 Å². The highest BCUT2D eigenvalue weighted by Gasteiger charge is 2.35. The summed E-state index contributed by atoms with van der Waals surface area (Å²) in [5, 5.41) is 3.76. The molecule has 0 aliphatic heterocycles. The molecule has 0 spiro atoms. The number of carbonyl (C=O) groups is 1. The summed E-state index contributed by atoms with van der Waals surface area (Å²) >= 11 is 0. The molecule has 0 saturated heterocycles. The van der Waals surface area contributed by atoms with Gasteiger partial charge < -0.3 is 10.5 Å². The number of ether oxygens (including phenoxy) is 1. The lowest BCUT2D eigenvalue weighted by atomic mass is 10.4. The lowest BCUT2D eigenvalue weighted by Gasteiger charge is -2.08. The zero-order valence-corrected chi connectivity index (χ0v) is 10.8. The predicted molar refractivity (Wildman–Crippen MR) is 64.5 cm³/mol. The van der Waals surface area contributed by atoms with Gasteiger partial charge in [-0.05, 0) is 6.92 Å². The van der Waals surface area contributed by atoms with E-state index < -0.39 is 18.0 Å². The number of esters is 1. The third kappa shape index (κ3) is 3.27. The van der Waals surface area contributed by atoms with Crippen molar-refractivity contribution in [1.29, 1.82) is 0 Å². The standard InChI is InChI=1S/C11H10F3N5O2/c1-2-21-9(20)6-4-16-19(5-6)8-3-7(15)17-10(18-8)11(12,13)14/h3-5H,2H2,1H3,(H2,15,17,18). The van der Waals surface area contributed by atoms with Gasteiger partial charge in [-0.3, -0.25) is 0 Å². The normalized spacial score (nSPS) is 11.4. The highest BCUT2D eigenvalue weighted by atomic mass is 19.4. The van der Waals surface area contributed by atoms with Crippen LogP contribution in [-0.2, 0) is 10.9 Å². The molecule has 7 nitrogen and oxygen atoms in total. The fraction of sp³-hybridized carbons (Fsp3) is 0.273. The molecule has 2 aromatic heterocycles. The lowest BCUT2D eigenvalue weighted by molar-refractivity contribution is -0.144. The van der Waals surface area contributed by atoms with E-state index in [0.29, 0.717) is 0 Å². The Labute approximate surface area is 116 Å². The van der Waals surface area contributed by atoms with Crippen molar-refractivity contribution in [2.24, 2.45) is 0 Å². The van der Waals surface area contributed by atoms with Crippen LogP contribution >= 0.6 is 0 Å². The molecule has 0 amide bonds. The molecule has 0 aromatic carbocycles. The Morgan fingerprint density at radius 1 is 1.43 bits per heavy atom. The maximum absolute atomic E-state index is 12.6. The number of hydrogen-bond acceptors (Lipinski definition) is 6. The zero-order valence-electron chi connectivity index (χ0n) is 10.8. The molecule has 2 N–H and O–H groups in total. The number of halogens is 3. The maximum Gasteiger partial charge on any atom is 0.451 e. The van der Waals surface area contributed by atoms with E-state index in [2.05, 4.69) is 15.1 Å². The highest BCUT2D eigenvalue weighted by Crippen LogP contribution is 2.27. The van der Waals surface area contributed by atoms with E-state index in [0.717, 1.165) is 16.9 Å². The summed E-state index contributed by atoms with van der Waals surface area (Å²) in [5.74, 6) is -2.58. The molecule has 0 aliphatic carbocycles. The fourth-order valence-corrected chi connectivity index (χ4v) is 1.46. The number of aromatic nitrogens is 4. The van der Waals surface area contributed by atoms with Gasteiger partial charge in [-0.2, -0.15) is 18.3 Å². The first kappa shape index (κ1) is 14.8. The van der Waals surface area contributed by atoms with Crippen LogP contribution in [0.1, 0.15) is 23.1 Å². The molecule has 2 heterocycles. The van der Waals surface area contributed by atoms with Crippen molar-refractivity contribution in [2.75, 3.05) is 12.3 Å². The molecular formula is C11H10F3N5O2. The summed E-state index contributed by atoms with van der Waals surface area (Å²) in [6.45, 7) is 1.80. The van der Waals surface area contributed by atoms with Crippen molar-refractivity contribution in [3.63, 3.8) is 0 Å². The van der Waals surface area contributed by atoms with Crippen LogP contribution in [0, 0.1) is 0 Å².